The van der Waals surface area contributed by atoms with E-state index in [9.17, 15) is 13.2 Å². The van der Waals surface area contributed by atoms with Crippen LogP contribution in [0.2, 0.25) is 5.02 Å². The van der Waals surface area contributed by atoms with Crippen LogP contribution in [0.3, 0.4) is 0 Å². The highest BCUT2D eigenvalue weighted by atomic mass is 35.5. The molecule has 0 amide bonds. The van der Waals surface area contributed by atoms with E-state index in [0.717, 1.165) is 0 Å². The number of ketones is 1. The lowest BCUT2D eigenvalue weighted by molar-refractivity contribution is 0.0933. The van der Waals surface area contributed by atoms with Gasteiger partial charge in [0.15, 0.2) is 27.1 Å². The van der Waals surface area contributed by atoms with Crippen molar-refractivity contribution in [2.24, 2.45) is 5.92 Å². The van der Waals surface area contributed by atoms with E-state index in [4.69, 9.17) is 21.1 Å². The first kappa shape index (κ1) is 15.1. The molecule has 20 heavy (non-hydrogen) atoms. The number of hydrogen-bond acceptors (Lipinski definition) is 5. The van der Waals surface area contributed by atoms with Crippen molar-refractivity contribution >= 4 is 27.2 Å². The fourth-order valence-corrected chi connectivity index (χ4v) is 4.25. The van der Waals surface area contributed by atoms with Crippen molar-refractivity contribution in [3.05, 3.63) is 22.7 Å². The lowest BCUT2D eigenvalue weighted by Crippen LogP contribution is -2.16. The molecule has 1 aliphatic heterocycles. The Morgan fingerprint density at radius 2 is 1.85 bits per heavy atom. The van der Waals surface area contributed by atoms with Gasteiger partial charge in [-0.3, -0.25) is 4.79 Å². The summed E-state index contributed by atoms with van der Waals surface area (Å²) in [6, 6.07) is 2.99. The molecule has 1 fully saturated rings. The topological polar surface area (TPSA) is 69.7 Å². The Kier molecular flexibility index (Phi) is 4.25. The van der Waals surface area contributed by atoms with E-state index in [0.29, 0.717) is 17.9 Å². The van der Waals surface area contributed by atoms with E-state index in [1.165, 1.54) is 26.4 Å². The van der Waals surface area contributed by atoms with Gasteiger partial charge in [0.05, 0.1) is 30.7 Å². The Balaban J connectivity index is 2.35. The number of ether oxygens (including phenoxy) is 2. The summed E-state index contributed by atoms with van der Waals surface area (Å²) in [4.78, 5) is 12.4. The molecule has 7 heteroatoms. The van der Waals surface area contributed by atoms with Crippen LogP contribution in [0.15, 0.2) is 12.1 Å². The van der Waals surface area contributed by atoms with Crippen LogP contribution in [-0.2, 0) is 9.84 Å². The largest absolute Gasteiger partial charge is 0.493 e. The third-order valence-corrected chi connectivity index (χ3v) is 5.42. The second-order valence-electron chi connectivity index (χ2n) is 4.65. The number of Topliss-reactive ketones (excluding diaryl/α,β-unsaturated/α-hetero) is 1. The van der Waals surface area contributed by atoms with Crippen molar-refractivity contribution in [1.82, 2.24) is 0 Å². The van der Waals surface area contributed by atoms with Crippen LogP contribution in [-0.4, -0.2) is 39.9 Å². The molecule has 0 spiro atoms. The van der Waals surface area contributed by atoms with Gasteiger partial charge in [-0.15, -0.1) is 0 Å². The molecule has 5 nitrogen and oxygen atoms in total. The molecule has 1 aromatic rings. The Morgan fingerprint density at radius 1 is 1.25 bits per heavy atom. The molecule has 0 aromatic heterocycles. The smallest absolute Gasteiger partial charge is 0.168 e. The predicted molar refractivity (Wildman–Crippen MR) is 75.6 cm³/mol. The highest BCUT2D eigenvalue weighted by Gasteiger charge is 2.34. The van der Waals surface area contributed by atoms with Gasteiger partial charge in [-0.2, -0.15) is 0 Å². The SMILES string of the molecule is COc1cc(Cl)c(C(=O)C2CCS(=O)(=O)C2)cc1OC. The Labute approximate surface area is 122 Å². The van der Waals surface area contributed by atoms with Gasteiger partial charge < -0.3 is 9.47 Å². The maximum absolute atomic E-state index is 12.4. The minimum absolute atomic E-state index is 0.0499. The average molecular weight is 319 g/mol. The zero-order valence-corrected chi connectivity index (χ0v) is 12.8. The van der Waals surface area contributed by atoms with Gasteiger partial charge in [0.1, 0.15) is 0 Å². The number of rotatable bonds is 4. The minimum Gasteiger partial charge on any atom is -0.493 e. The normalized spacial score (nSPS) is 20.6. The van der Waals surface area contributed by atoms with Crippen LogP contribution in [0.4, 0.5) is 0 Å². The maximum atomic E-state index is 12.4. The zero-order chi connectivity index (χ0) is 14.9. The summed E-state index contributed by atoms with van der Waals surface area (Å²) in [6.07, 6.45) is 0.339. The highest BCUT2D eigenvalue weighted by Crippen LogP contribution is 2.35. The lowest BCUT2D eigenvalue weighted by atomic mass is 9.97. The molecule has 0 radical (unpaired) electrons. The van der Waals surface area contributed by atoms with Crippen molar-refractivity contribution < 1.29 is 22.7 Å². The number of carbonyl (C=O) groups is 1. The van der Waals surface area contributed by atoms with Crippen LogP contribution in [0.25, 0.3) is 0 Å². The van der Waals surface area contributed by atoms with Crippen molar-refractivity contribution in [1.29, 1.82) is 0 Å². The number of methoxy groups -OCH3 is 2. The first-order valence-electron chi connectivity index (χ1n) is 6.04. The van der Waals surface area contributed by atoms with E-state index >= 15 is 0 Å². The van der Waals surface area contributed by atoms with Crippen molar-refractivity contribution in [2.45, 2.75) is 6.42 Å². The number of halogens is 1. The molecule has 0 saturated carbocycles. The standard InChI is InChI=1S/C13H15ClO5S/c1-18-11-5-9(10(14)6-12(11)19-2)13(15)8-3-4-20(16,17)7-8/h5-6,8H,3-4,7H2,1-2H3. The second kappa shape index (κ2) is 5.61. The molecule has 1 aromatic carbocycles. The molecule has 1 saturated heterocycles. The molecule has 1 aliphatic rings. The molecule has 0 aliphatic carbocycles. The first-order valence-corrected chi connectivity index (χ1v) is 8.24. The first-order chi connectivity index (χ1) is 9.38. The van der Waals surface area contributed by atoms with E-state index in [2.05, 4.69) is 0 Å². The summed E-state index contributed by atoms with van der Waals surface area (Å²) in [5, 5.41) is 0.233. The van der Waals surface area contributed by atoms with Crippen LogP contribution in [0, 0.1) is 5.92 Å². The molecular formula is C13H15ClO5S. The fourth-order valence-electron chi connectivity index (χ4n) is 2.26. The molecule has 2 rings (SSSR count). The predicted octanol–water partition coefficient (Wildman–Crippen LogP) is 1.97. The third-order valence-electron chi connectivity index (χ3n) is 3.34. The summed E-state index contributed by atoms with van der Waals surface area (Å²) in [5.41, 5.74) is 0.270. The number of hydrogen-bond donors (Lipinski definition) is 0. The van der Waals surface area contributed by atoms with Crippen molar-refractivity contribution in [3.63, 3.8) is 0 Å². The van der Waals surface area contributed by atoms with Crippen molar-refractivity contribution in [2.75, 3.05) is 25.7 Å². The molecule has 110 valence electrons. The summed E-state index contributed by atoms with van der Waals surface area (Å²) in [7, 11) is -0.180. The van der Waals surface area contributed by atoms with E-state index in [-0.39, 0.29) is 27.9 Å². The average Bonchev–Trinajstić information content (AvgIpc) is 2.78. The summed E-state index contributed by atoms with van der Waals surface area (Å²) in [6.45, 7) is 0. The van der Waals surface area contributed by atoms with E-state index < -0.39 is 15.8 Å². The second-order valence-corrected chi connectivity index (χ2v) is 7.29. The van der Waals surface area contributed by atoms with Gasteiger partial charge in [0, 0.05) is 17.5 Å². The molecular weight excluding hydrogens is 304 g/mol. The Hall–Kier alpha value is -1.27. The molecule has 0 N–H and O–H groups in total. The summed E-state index contributed by atoms with van der Waals surface area (Å²) < 4.78 is 33.1. The van der Waals surface area contributed by atoms with Gasteiger partial charge in [0.25, 0.3) is 0 Å². The van der Waals surface area contributed by atoms with Gasteiger partial charge >= 0.3 is 0 Å². The quantitative estimate of drug-likeness (QED) is 0.794. The summed E-state index contributed by atoms with van der Waals surface area (Å²) in [5.74, 6) is -0.0491. The van der Waals surface area contributed by atoms with Crippen LogP contribution in [0.1, 0.15) is 16.8 Å². The van der Waals surface area contributed by atoms with Gasteiger partial charge in [-0.05, 0) is 12.5 Å². The number of sulfone groups is 1. The van der Waals surface area contributed by atoms with Crippen molar-refractivity contribution in [3.8, 4) is 11.5 Å². The molecule has 1 atom stereocenters. The third kappa shape index (κ3) is 2.91. The monoisotopic (exact) mass is 318 g/mol. The van der Waals surface area contributed by atoms with Crippen LogP contribution < -0.4 is 9.47 Å². The van der Waals surface area contributed by atoms with Gasteiger partial charge in [-0.1, -0.05) is 11.6 Å². The Bertz CT molecular complexity index is 638. The highest BCUT2D eigenvalue weighted by molar-refractivity contribution is 7.91. The fraction of sp³-hybridized carbons (Fsp3) is 0.462. The maximum Gasteiger partial charge on any atom is 0.168 e. The van der Waals surface area contributed by atoms with Gasteiger partial charge in [-0.25, -0.2) is 8.42 Å². The number of benzene rings is 1. The molecule has 1 heterocycles. The van der Waals surface area contributed by atoms with Crippen LogP contribution >= 0.6 is 11.6 Å². The zero-order valence-electron chi connectivity index (χ0n) is 11.2. The minimum atomic E-state index is -3.11. The Morgan fingerprint density at radius 3 is 2.35 bits per heavy atom. The lowest BCUT2D eigenvalue weighted by Gasteiger charge is -2.13. The molecule has 1 unspecified atom stereocenters. The van der Waals surface area contributed by atoms with Crippen LogP contribution in [0.5, 0.6) is 11.5 Å². The van der Waals surface area contributed by atoms with E-state index in [1.54, 1.807) is 0 Å². The number of carbonyl (C=O) groups excluding carboxylic acids is 1. The van der Waals surface area contributed by atoms with Gasteiger partial charge in [0.2, 0.25) is 0 Å². The summed E-state index contributed by atoms with van der Waals surface area (Å²) >= 11 is 6.08. The molecule has 0 bridgehead atoms. The van der Waals surface area contributed by atoms with E-state index in [1.807, 2.05) is 0 Å².